The zero-order valence-electron chi connectivity index (χ0n) is 12.4. The van der Waals surface area contributed by atoms with E-state index in [4.69, 9.17) is 4.74 Å². The molecule has 1 saturated heterocycles. The molecule has 1 aromatic carbocycles. The highest BCUT2D eigenvalue weighted by Crippen LogP contribution is 2.15. The molecule has 1 aliphatic heterocycles. The summed E-state index contributed by atoms with van der Waals surface area (Å²) < 4.78 is 7.93. The lowest BCUT2D eigenvalue weighted by Crippen LogP contribution is -2.34. The Hall–Kier alpha value is -1.65. The summed E-state index contributed by atoms with van der Waals surface area (Å²) in [6.07, 6.45) is 8.53. The highest BCUT2D eigenvalue weighted by atomic mass is 16.5. The molecule has 0 saturated carbocycles. The van der Waals surface area contributed by atoms with Gasteiger partial charge in [0, 0.05) is 45.2 Å². The van der Waals surface area contributed by atoms with Crippen LogP contribution in [0.3, 0.4) is 0 Å². The second-order valence-electron chi connectivity index (χ2n) is 5.66. The predicted molar refractivity (Wildman–Crippen MR) is 82.9 cm³/mol. The van der Waals surface area contributed by atoms with Crippen LogP contribution in [0.15, 0.2) is 49.1 Å². The van der Waals surface area contributed by atoms with E-state index >= 15 is 0 Å². The monoisotopic (exact) mass is 285 g/mol. The van der Waals surface area contributed by atoms with Gasteiger partial charge in [0.25, 0.3) is 0 Å². The number of hydrogen-bond donors (Lipinski definition) is 0. The number of ether oxygens (including phenoxy) is 1. The highest BCUT2D eigenvalue weighted by Gasteiger charge is 2.19. The van der Waals surface area contributed by atoms with E-state index in [2.05, 4.69) is 44.8 Å². The van der Waals surface area contributed by atoms with E-state index in [1.165, 1.54) is 18.4 Å². The van der Waals surface area contributed by atoms with E-state index in [9.17, 15) is 0 Å². The first-order valence-electron chi connectivity index (χ1n) is 7.74. The van der Waals surface area contributed by atoms with Crippen molar-refractivity contribution in [2.45, 2.75) is 32.0 Å². The van der Waals surface area contributed by atoms with Gasteiger partial charge < -0.3 is 9.30 Å². The van der Waals surface area contributed by atoms with Gasteiger partial charge in [-0.05, 0) is 18.4 Å². The first-order chi connectivity index (χ1) is 10.4. The van der Waals surface area contributed by atoms with Gasteiger partial charge in [0.15, 0.2) is 0 Å². The third-order valence-corrected chi connectivity index (χ3v) is 3.97. The van der Waals surface area contributed by atoms with Gasteiger partial charge in [0.1, 0.15) is 0 Å². The standard InChI is InChI=1S/C17H23N3O/c1-2-5-16(6-3-1)13-20(14-17-7-4-12-21-17)11-10-19-9-8-18-15-19/h1-3,5-6,8-9,15,17H,4,7,10-14H2. The van der Waals surface area contributed by atoms with Crippen molar-refractivity contribution < 1.29 is 4.74 Å². The lowest BCUT2D eigenvalue weighted by atomic mass is 10.2. The van der Waals surface area contributed by atoms with Gasteiger partial charge in [-0.3, -0.25) is 4.90 Å². The van der Waals surface area contributed by atoms with E-state index in [0.29, 0.717) is 6.10 Å². The molecule has 1 aromatic heterocycles. The molecule has 0 radical (unpaired) electrons. The molecule has 0 aliphatic carbocycles. The first kappa shape index (κ1) is 14.3. The Morgan fingerprint density at radius 1 is 1.29 bits per heavy atom. The van der Waals surface area contributed by atoms with Gasteiger partial charge in [0.2, 0.25) is 0 Å². The Morgan fingerprint density at radius 3 is 2.90 bits per heavy atom. The van der Waals surface area contributed by atoms with Crippen LogP contribution in [0.25, 0.3) is 0 Å². The van der Waals surface area contributed by atoms with Crippen LogP contribution in [0, 0.1) is 0 Å². The molecule has 0 bridgehead atoms. The fourth-order valence-corrected chi connectivity index (χ4v) is 2.83. The van der Waals surface area contributed by atoms with Gasteiger partial charge in [-0.1, -0.05) is 30.3 Å². The second-order valence-corrected chi connectivity index (χ2v) is 5.66. The molecule has 1 atom stereocenters. The molecule has 4 heteroatoms. The van der Waals surface area contributed by atoms with E-state index < -0.39 is 0 Å². The summed E-state index contributed by atoms with van der Waals surface area (Å²) in [5.74, 6) is 0. The summed E-state index contributed by atoms with van der Waals surface area (Å²) in [4.78, 5) is 6.60. The van der Waals surface area contributed by atoms with E-state index in [1.54, 1.807) is 0 Å². The van der Waals surface area contributed by atoms with Crippen LogP contribution in [0.5, 0.6) is 0 Å². The van der Waals surface area contributed by atoms with Crippen LogP contribution >= 0.6 is 0 Å². The van der Waals surface area contributed by atoms with Crippen molar-refractivity contribution in [2.24, 2.45) is 0 Å². The zero-order chi connectivity index (χ0) is 14.3. The van der Waals surface area contributed by atoms with E-state index in [-0.39, 0.29) is 0 Å². The van der Waals surface area contributed by atoms with Crippen LogP contribution in [0.2, 0.25) is 0 Å². The quantitative estimate of drug-likeness (QED) is 0.783. The molecule has 4 nitrogen and oxygen atoms in total. The molecular formula is C17H23N3O. The van der Waals surface area contributed by atoms with Crippen LogP contribution < -0.4 is 0 Å². The van der Waals surface area contributed by atoms with Crippen LogP contribution in [-0.2, 0) is 17.8 Å². The van der Waals surface area contributed by atoms with Gasteiger partial charge in [-0.2, -0.15) is 0 Å². The van der Waals surface area contributed by atoms with E-state index in [1.807, 2.05) is 18.7 Å². The number of imidazole rings is 1. The molecule has 1 fully saturated rings. The lowest BCUT2D eigenvalue weighted by Gasteiger charge is -2.25. The first-order valence-corrected chi connectivity index (χ1v) is 7.74. The average Bonchev–Trinajstić information content (AvgIpc) is 3.19. The average molecular weight is 285 g/mol. The van der Waals surface area contributed by atoms with Crippen LogP contribution in [-0.4, -0.2) is 40.3 Å². The van der Waals surface area contributed by atoms with Crippen molar-refractivity contribution in [2.75, 3.05) is 19.7 Å². The smallest absolute Gasteiger partial charge is 0.0946 e. The third kappa shape index (κ3) is 4.41. The molecular weight excluding hydrogens is 262 g/mol. The van der Waals surface area contributed by atoms with Crippen molar-refractivity contribution in [3.8, 4) is 0 Å². The number of aromatic nitrogens is 2. The number of hydrogen-bond acceptors (Lipinski definition) is 3. The predicted octanol–water partition coefficient (Wildman–Crippen LogP) is 2.56. The van der Waals surface area contributed by atoms with Gasteiger partial charge in [-0.25, -0.2) is 4.98 Å². The Morgan fingerprint density at radius 2 is 2.19 bits per heavy atom. The molecule has 1 unspecified atom stereocenters. The summed E-state index contributed by atoms with van der Waals surface area (Å²) >= 11 is 0. The van der Waals surface area contributed by atoms with Gasteiger partial charge >= 0.3 is 0 Å². The van der Waals surface area contributed by atoms with Gasteiger partial charge in [-0.15, -0.1) is 0 Å². The Bertz CT molecular complexity index is 506. The van der Waals surface area contributed by atoms with Crippen LogP contribution in [0.1, 0.15) is 18.4 Å². The molecule has 3 rings (SSSR count). The molecule has 2 heterocycles. The van der Waals surface area contributed by atoms with Crippen molar-refractivity contribution in [3.63, 3.8) is 0 Å². The van der Waals surface area contributed by atoms with Crippen LogP contribution in [0.4, 0.5) is 0 Å². The SMILES string of the molecule is c1ccc(CN(CCn2ccnc2)CC2CCCO2)cc1. The molecule has 112 valence electrons. The summed E-state index contributed by atoms with van der Waals surface area (Å²) in [5, 5.41) is 0. The Balaban J connectivity index is 1.58. The molecule has 0 spiro atoms. The summed E-state index contributed by atoms with van der Waals surface area (Å²) in [5.41, 5.74) is 1.36. The number of nitrogens with zero attached hydrogens (tertiary/aromatic N) is 3. The fraction of sp³-hybridized carbons (Fsp3) is 0.471. The molecule has 21 heavy (non-hydrogen) atoms. The zero-order valence-corrected chi connectivity index (χ0v) is 12.4. The summed E-state index contributed by atoms with van der Waals surface area (Å²) in [7, 11) is 0. The van der Waals surface area contributed by atoms with Gasteiger partial charge in [0.05, 0.1) is 12.4 Å². The minimum atomic E-state index is 0.400. The highest BCUT2D eigenvalue weighted by molar-refractivity contribution is 5.14. The number of rotatable bonds is 7. The van der Waals surface area contributed by atoms with Crippen molar-refractivity contribution in [1.82, 2.24) is 14.5 Å². The van der Waals surface area contributed by atoms with E-state index in [0.717, 1.165) is 32.8 Å². The molecule has 0 amide bonds. The van der Waals surface area contributed by atoms with Crippen molar-refractivity contribution in [1.29, 1.82) is 0 Å². The fourth-order valence-electron chi connectivity index (χ4n) is 2.83. The maximum absolute atomic E-state index is 5.80. The lowest BCUT2D eigenvalue weighted by molar-refractivity contribution is 0.0693. The topological polar surface area (TPSA) is 30.3 Å². The normalized spacial score (nSPS) is 18.4. The third-order valence-electron chi connectivity index (χ3n) is 3.97. The minimum absolute atomic E-state index is 0.400. The molecule has 1 aliphatic rings. The Kier molecular flexibility index (Phi) is 5.03. The summed E-state index contributed by atoms with van der Waals surface area (Å²) in [6.45, 7) is 4.91. The van der Waals surface area contributed by atoms with Crippen molar-refractivity contribution >= 4 is 0 Å². The minimum Gasteiger partial charge on any atom is -0.377 e. The molecule has 2 aromatic rings. The van der Waals surface area contributed by atoms with Crippen molar-refractivity contribution in [3.05, 3.63) is 54.6 Å². The second kappa shape index (κ2) is 7.38. The largest absolute Gasteiger partial charge is 0.377 e. The maximum Gasteiger partial charge on any atom is 0.0946 e. The maximum atomic E-state index is 5.80. The summed E-state index contributed by atoms with van der Waals surface area (Å²) in [6, 6.07) is 10.7. The Labute approximate surface area is 126 Å². The molecule has 0 N–H and O–H groups in total. The number of benzene rings is 1.